The van der Waals surface area contributed by atoms with Gasteiger partial charge in [0.25, 0.3) is 0 Å². The number of hydrogen-bond acceptors (Lipinski definition) is 3. The molecule has 0 aliphatic carbocycles. The standard InChI is InChI=1S/C23H29F2N3O3/c1-14(27-22(30)28-16-8-6-15(7-9-16)23(2,3)4)18(12-26-13-29)21-19(24)10-17(31-5)11-20(21)25/h6-11,13-14,18H,12H2,1-5H3,(H,26,29)(H2,27,28,30)/t14-,18-/m1/s1. The molecule has 3 amide bonds. The summed E-state index contributed by atoms with van der Waals surface area (Å²) in [5, 5.41) is 7.84. The molecule has 2 aromatic rings. The minimum Gasteiger partial charge on any atom is -0.497 e. The lowest BCUT2D eigenvalue weighted by Gasteiger charge is -2.26. The molecule has 0 bridgehead atoms. The number of methoxy groups -OCH3 is 1. The van der Waals surface area contributed by atoms with Gasteiger partial charge in [0.2, 0.25) is 6.41 Å². The molecule has 2 rings (SSSR count). The number of urea groups is 1. The van der Waals surface area contributed by atoms with Gasteiger partial charge in [-0.15, -0.1) is 0 Å². The first-order chi connectivity index (χ1) is 14.6. The van der Waals surface area contributed by atoms with Gasteiger partial charge in [-0.3, -0.25) is 4.79 Å². The molecule has 168 valence electrons. The Bertz CT molecular complexity index is 888. The predicted octanol–water partition coefficient (Wildman–Crippen LogP) is 4.31. The number of rotatable bonds is 8. The summed E-state index contributed by atoms with van der Waals surface area (Å²) in [6, 6.07) is 8.35. The number of halogens is 2. The first kappa shape index (κ1) is 24.1. The molecule has 2 atom stereocenters. The average Bonchev–Trinajstić information content (AvgIpc) is 2.69. The smallest absolute Gasteiger partial charge is 0.319 e. The van der Waals surface area contributed by atoms with Crippen LogP contribution in [0, 0.1) is 11.6 Å². The van der Waals surface area contributed by atoms with Crippen molar-refractivity contribution in [3.8, 4) is 5.75 Å². The van der Waals surface area contributed by atoms with Crippen molar-refractivity contribution >= 4 is 18.1 Å². The van der Waals surface area contributed by atoms with Crippen molar-refractivity contribution in [2.45, 2.75) is 45.1 Å². The van der Waals surface area contributed by atoms with Crippen LogP contribution < -0.4 is 20.7 Å². The van der Waals surface area contributed by atoms with Crippen LogP contribution in [0.5, 0.6) is 5.75 Å². The lowest BCUT2D eigenvalue weighted by molar-refractivity contribution is -0.109. The van der Waals surface area contributed by atoms with Crippen LogP contribution in [0.4, 0.5) is 19.3 Å². The van der Waals surface area contributed by atoms with Crippen molar-refractivity contribution in [2.75, 3.05) is 19.0 Å². The average molecular weight is 433 g/mol. The van der Waals surface area contributed by atoms with Crippen molar-refractivity contribution in [1.82, 2.24) is 10.6 Å². The Labute approximate surface area is 181 Å². The van der Waals surface area contributed by atoms with E-state index in [9.17, 15) is 18.4 Å². The molecule has 0 aromatic heterocycles. The van der Waals surface area contributed by atoms with E-state index in [-0.39, 0.29) is 23.3 Å². The van der Waals surface area contributed by atoms with E-state index in [0.717, 1.165) is 17.7 Å². The molecular formula is C23H29F2N3O3. The molecule has 0 radical (unpaired) electrons. The minimum atomic E-state index is -0.842. The molecule has 8 heteroatoms. The number of ether oxygens (including phenoxy) is 1. The van der Waals surface area contributed by atoms with Gasteiger partial charge < -0.3 is 20.7 Å². The van der Waals surface area contributed by atoms with Crippen LogP contribution in [-0.4, -0.2) is 32.1 Å². The Morgan fingerprint density at radius 2 is 1.71 bits per heavy atom. The molecular weight excluding hydrogens is 404 g/mol. The van der Waals surface area contributed by atoms with Gasteiger partial charge in [0.1, 0.15) is 17.4 Å². The second-order valence-electron chi connectivity index (χ2n) is 8.35. The molecule has 31 heavy (non-hydrogen) atoms. The lowest BCUT2D eigenvalue weighted by atomic mass is 9.87. The van der Waals surface area contributed by atoms with Gasteiger partial charge >= 0.3 is 6.03 Å². The van der Waals surface area contributed by atoms with Crippen molar-refractivity contribution in [3.05, 3.63) is 59.2 Å². The molecule has 0 unspecified atom stereocenters. The maximum absolute atomic E-state index is 14.6. The van der Waals surface area contributed by atoms with Gasteiger partial charge in [-0.1, -0.05) is 32.9 Å². The zero-order valence-electron chi connectivity index (χ0n) is 18.4. The number of carbonyl (C=O) groups excluding carboxylic acids is 2. The molecule has 0 spiro atoms. The highest BCUT2D eigenvalue weighted by Gasteiger charge is 2.27. The maximum atomic E-state index is 14.6. The molecule has 0 saturated heterocycles. The normalized spacial score (nSPS) is 13.1. The summed E-state index contributed by atoms with van der Waals surface area (Å²) in [7, 11) is 1.31. The van der Waals surface area contributed by atoms with Gasteiger partial charge in [-0.2, -0.15) is 0 Å². The van der Waals surface area contributed by atoms with E-state index >= 15 is 0 Å². The Morgan fingerprint density at radius 3 is 2.19 bits per heavy atom. The number of amides is 3. The van der Waals surface area contributed by atoms with Crippen LogP contribution in [0.15, 0.2) is 36.4 Å². The van der Waals surface area contributed by atoms with E-state index < -0.39 is 29.6 Å². The summed E-state index contributed by atoms with van der Waals surface area (Å²) < 4.78 is 34.1. The third kappa shape index (κ3) is 6.41. The topological polar surface area (TPSA) is 79.5 Å². The van der Waals surface area contributed by atoms with Crippen LogP contribution in [0.1, 0.15) is 44.7 Å². The van der Waals surface area contributed by atoms with Crippen molar-refractivity contribution in [3.63, 3.8) is 0 Å². The largest absolute Gasteiger partial charge is 0.497 e. The number of anilines is 1. The molecule has 3 N–H and O–H groups in total. The fourth-order valence-corrected chi connectivity index (χ4v) is 3.27. The zero-order valence-corrected chi connectivity index (χ0v) is 18.4. The highest BCUT2D eigenvalue weighted by Crippen LogP contribution is 2.29. The van der Waals surface area contributed by atoms with E-state index in [1.54, 1.807) is 19.1 Å². The van der Waals surface area contributed by atoms with Crippen molar-refractivity contribution in [1.29, 1.82) is 0 Å². The maximum Gasteiger partial charge on any atom is 0.319 e. The summed E-state index contributed by atoms with van der Waals surface area (Å²) in [6.45, 7) is 7.83. The quantitative estimate of drug-likeness (QED) is 0.543. The van der Waals surface area contributed by atoms with E-state index in [2.05, 4.69) is 36.7 Å². The molecule has 0 aliphatic heterocycles. The number of hydrogen-bond donors (Lipinski definition) is 3. The van der Waals surface area contributed by atoms with Crippen LogP contribution in [0.25, 0.3) is 0 Å². The van der Waals surface area contributed by atoms with Crippen LogP contribution in [-0.2, 0) is 10.2 Å². The summed E-state index contributed by atoms with van der Waals surface area (Å²) in [5.41, 5.74) is 1.46. The summed E-state index contributed by atoms with van der Waals surface area (Å²) in [6.07, 6.45) is 0.440. The SMILES string of the molecule is COc1cc(F)c([C@H](CNC=O)[C@@H](C)NC(=O)Nc2ccc(C(C)(C)C)cc2)c(F)c1. The highest BCUT2D eigenvalue weighted by molar-refractivity contribution is 5.89. The highest BCUT2D eigenvalue weighted by atomic mass is 19.1. The molecule has 0 aliphatic rings. The van der Waals surface area contributed by atoms with Crippen molar-refractivity contribution < 1.29 is 23.1 Å². The van der Waals surface area contributed by atoms with E-state index in [1.165, 1.54) is 7.11 Å². The van der Waals surface area contributed by atoms with Gasteiger partial charge in [-0.05, 0) is 30.0 Å². The molecule has 6 nitrogen and oxygen atoms in total. The fourth-order valence-electron chi connectivity index (χ4n) is 3.27. The van der Waals surface area contributed by atoms with E-state index in [4.69, 9.17) is 4.74 Å². The molecule has 2 aromatic carbocycles. The monoisotopic (exact) mass is 433 g/mol. The van der Waals surface area contributed by atoms with Crippen molar-refractivity contribution in [2.24, 2.45) is 0 Å². The first-order valence-corrected chi connectivity index (χ1v) is 9.94. The Hall–Kier alpha value is -3.16. The van der Waals surface area contributed by atoms with E-state index in [0.29, 0.717) is 12.1 Å². The Balaban J connectivity index is 2.16. The molecule has 0 fully saturated rings. The van der Waals surface area contributed by atoms with Gasteiger partial charge in [0, 0.05) is 41.9 Å². The summed E-state index contributed by atoms with van der Waals surface area (Å²) in [5.74, 6) is -2.44. The molecule has 0 heterocycles. The first-order valence-electron chi connectivity index (χ1n) is 9.94. The zero-order chi connectivity index (χ0) is 23.2. The van der Waals surface area contributed by atoms with Crippen LogP contribution in [0.3, 0.4) is 0 Å². The minimum absolute atomic E-state index is 0.0133. The van der Waals surface area contributed by atoms with Gasteiger partial charge in [0.05, 0.1) is 7.11 Å². The number of benzene rings is 2. The summed E-state index contributed by atoms with van der Waals surface area (Å²) in [4.78, 5) is 23.2. The number of carbonyl (C=O) groups is 2. The Morgan fingerprint density at radius 1 is 1.13 bits per heavy atom. The number of nitrogens with one attached hydrogen (secondary N) is 3. The Kier molecular flexibility index (Phi) is 7.96. The molecule has 0 saturated carbocycles. The third-order valence-corrected chi connectivity index (χ3v) is 5.05. The van der Waals surface area contributed by atoms with Crippen LogP contribution in [0.2, 0.25) is 0 Å². The van der Waals surface area contributed by atoms with Gasteiger partial charge in [-0.25, -0.2) is 13.6 Å². The second-order valence-corrected chi connectivity index (χ2v) is 8.35. The summed E-state index contributed by atoms with van der Waals surface area (Å²) >= 11 is 0. The lowest BCUT2D eigenvalue weighted by Crippen LogP contribution is -2.43. The fraction of sp³-hybridized carbons (Fsp3) is 0.391. The predicted molar refractivity (Wildman–Crippen MR) is 116 cm³/mol. The van der Waals surface area contributed by atoms with Gasteiger partial charge in [0.15, 0.2) is 0 Å². The third-order valence-electron chi connectivity index (χ3n) is 5.05. The van der Waals surface area contributed by atoms with E-state index in [1.807, 2.05) is 12.1 Å². The van der Waals surface area contributed by atoms with Crippen LogP contribution >= 0.6 is 0 Å². The second kappa shape index (κ2) is 10.2.